The minimum absolute atomic E-state index is 0.118. The van der Waals surface area contributed by atoms with E-state index in [2.05, 4.69) is 18.0 Å². The van der Waals surface area contributed by atoms with Gasteiger partial charge in [0.15, 0.2) is 0 Å². The Bertz CT molecular complexity index is 338. The van der Waals surface area contributed by atoms with E-state index >= 15 is 0 Å². The van der Waals surface area contributed by atoms with Gasteiger partial charge in [0, 0.05) is 18.3 Å². The fraction of sp³-hybridized carbons (Fsp3) is 0.643. The first-order chi connectivity index (χ1) is 7.60. The van der Waals surface area contributed by atoms with Crippen LogP contribution >= 0.6 is 0 Å². The van der Waals surface area contributed by atoms with Crippen LogP contribution in [0.25, 0.3) is 0 Å². The van der Waals surface area contributed by atoms with Crippen molar-refractivity contribution in [2.45, 2.75) is 52.1 Å². The van der Waals surface area contributed by atoms with Crippen molar-refractivity contribution in [1.29, 1.82) is 0 Å². The number of pyridine rings is 1. The third-order valence-electron chi connectivity index (χ3n) is 3.93. The van der Waals surface area contributed by atoms with Gasteiger partial charge in [0.25, 0.3) is 0 Å². The molecule has 1 aromatic rings. The lowest BCUT2D eigenvalue weighted by atomic mass is 9.80. The third-order valence-corrected chi connectivity index (χ3v) is 3.93. The molecule has 1 N–H and O–H groups in total. The smallest absolute Gasteiger partial charge is 0.0649 e. The highest BCUT2D eigenvalue weighted by Crippen LogP contribution is 2.41. The van der Waals surface area contributed by atoms with Crippen molar-refractivity contribution in [3.63, 3.8) is 0 Å². The van der Waals surface area contributed by atoms with E-state index in [4.69, 9.17) is 0 Å². The Kier molecular flexibility index (Phi) is 3.29. The topological polar surface area (TPSA) is 33.1 Å². The minimum Gasteiger partial charge on any atom is -0.392 e. The van der Waals surface area contributed by atoms with Crippen molar-refractivity contribution in [3.05, 3.63) is 29.6 Å². The summed E-state index contributed by atoms with van der Waals surface area (Å²) in [5.74, 6) is 0. The van der Waals surface area contributed by atoms with Gasteiger partial charge in [-0.15, -0.1) is 0 Å². The predicted octanol–water partition coefficient (Wildman–Crippen LogP) is 2.87. The lowest BCUT2D eigenvalue weighted by molar-refractivity contribution is 0.0416. The Morgan fingerprint density at radius 3 is 2.62 bits per heavy atom. The molecule has 1 unspecified atom stereocenters. The monoisotopic (exact) mass is 219 g/mol. The van der Waals surface area contributed by atoms with Crippen LogP contribution in [0.1, 0.15) is 43.9 Å². The number of aliphatic hydroxyl groups is 1. The Labute approximate surface area is 97.7 Å². The maximum atomic E-state index is 10.3. The van der Waals surface area contributed by atoms with Crippen molar-refractivity contribution in [2.75, 3.05) is 0 Å². The molecule has 0 saturated heterocycles. The van der Waals surface area contributed by atoms with Gasteiger partial charge in [-0.1, -0.05) is 25.8 Å². The fourth-order valence-corrected chi connectivity index (χ4v) is 2.58. The molecule has 0 spiro atoms. The molecule has 1 heterocycles. The molecular weight excluding hydrogens is 198 g/mol. The van der Waals surface area contributed by atoms with E-state index in [9.17, 15) is 5.11 Å². The van der Waals surface area contributed by atoms with E-state index in [-0.39, 0.29) is 11.5 Å². The van der Waals surface area contributed by atoms with Gasteiger partial charge in [-0.05, 0) is 36.8 Å². The zero-order valence-electron chi connectivity index (χ0n) is 10.2. The van der Waals surface area contributed by atoms with Crippen LogP contribution in [0.15, 0.2) is 18.3 Å². The third kappa shape index (κ3) is 2.43. The maximum absolute atomic E-state index is 10.3. The normalized spacial score (nSPS) is 20.9. The van der Waals surface area contributed by atoms with Crippen LogP contribution in [-0.2, 0) is 6.42 Å². The summed E-state index contributed by atoms with van der Waals surface area (Å²) in [6, 6.07) is 4.09. The van der Waals surface area contributed by atoms with Crippen LogP contribution in [0.2, 0.25) is 0 Å². The van der Waals surface area contributed by atoms with Gasteiger partial charge in [0.2, 0.25) is 0 Å². The van der Waals surface area contributed by atoms with Crippen LogP contribution in [-0.4, -0.2) is 16.2 Å². The second-order valence-electron chi connectivity index (χ2n) is 5.41. The molecule has 0 bridgehead atoms. The fourth-order valence-electron chi connectivity index (χ4n) is 2.58. The molecular formula is C14H21NO. The number of aliphatic hydroxyl groups excluding tert-OH is 1. The predicted molar refractivity (Wildman–Crippen MR) is 65.3 cm³/mol. The molecule has 0 aromatic carbocycles. The summed E-state index contributed by atoms with van der Waals surface area (Å²) in [6.45, 7) is 4.24. The van der Waals surface area contributed by atoms with Crippen molar-refractivity contribution in [1.82, 2.24) is 4.98 Å². The number of aryl methyl sites for hydroxylation is 1. The quantitative estimate of drug-likeness (QED) is 0.848. The molecule has 16 heavy (non-hydrogen) atoms. The molecule has 1 saturated carbocycles. The lowest BCUT2D eigenvalue weighted by Gasteiger charge is -2.29. The molecule has 2 nitrogen and oxygen atoms in total. The van der Waals surface area contributed by atoms with E-state index in [1.807, 2.05) is 19.2 Å². The van der Waals surface area contributed by atoms with Gasteiger partial charge in [0.05, 0.1) is 6.10 Å². The Morgan fingerprint density at radius 2 is 2.06 bits per heavy atom. The van der Waals surface area contributed by atoms with Crippen molar-refractivity contribution < 1.29 is 5.11 Å². The summed E-state index contributed by atoms with van der Waals surface area (Å²) in [4.78, 5) is 4.36. The van der Waals surface area contributed by atoms with Gasteiger partial charge in [0.1, 0.15) is 0 Å². The largest absolute Gasteiger partial charge is 0.392 e. The van der Waals surface area contributed by atoms with E-state index in [0.717, 1.165) is 18.5 Å². The number of aromatic nitrogens is 1. The Morgan fingerprint density at radius 1 is 1.38 bits per heavy atom. The van der Waals surface area contributed by atoms with Gasteiger partial charge >= 0.3 is 0 Å². The highest BCUT2D eigenvalue weighted by molar-refractivity contribution is 5.13. The summed E-state index contributed by atoms with van der Waals surface area (Å²) in [7, 11) is 0. The summed E-state index contributed by atoms with van der Waals surface area (Å²) < 4.78 is 0. The molecule has 1 aliphatic rings. The highest BCUT2D eigenvalue weighted by atomic mass is 16.3. The van der Waals surface area contributed by atoms with Crippen molar-refractivity contribution >= 4 is 0 Å². The molecule has 88 valence electrons. The van der Waals surface area contributed by atoms with Gasteiger partial charge in [-0.2, -0.15) is 0 Å². The summed E-state index contributed by atoms with van der Waals surface area (Å²) in [5, 5.41) is 10.3. The zero-order valence-corrected chi connectivity index (χ0v) is 10.2. The molecule has 1 fully saturated rings. The maximum Gasteiger partial charge on any atom is 0.0649 e. The first-order valence-electron chi connectivity index (χ1n) is 6.20. The first kappa shape index (κ1) is 11.6. The molecule has 1 atom stereocenters. The number of nitrogens with zero attached hydrogens (tertiary/aromatic N) is 1. The molecule has 0 radical (unpaired) electrons. The SMILES string of the molecule is Cc1ccc(CC(O)C2(C)CCCC2)nc1. The summed E-state index contributed by atoms with van der Waals surface area (Å²) in [5.41, 5.74) is 2.29. The van der Waals surface area contributed by atoms with Crippen LogP contribution in [0.5, 0.6) is 0 Å². The minimum atomic E-state index is -0.245. The van der Waals surface area contributed by atoms with E-state index in [1.54, 1.807) is 0 Å². The first-order valence-corrected chi connectivity index (χ1v) is 6.20. The van der Waals surface area contributed by atoms with Crippen molar-refractivity contribution in [3.8, 4) is 0 Å². The average molecular weight is 219 g/mol. The Balaban J connectivity index is 2.01. The zero-order chi connectivity index (χ0) is 11.6. The standard InChI is InChI=1S/C14H21NO/c1-11-5-6-12(15-10-11)9-13(16)14(2)7-3-4-8-14/h5-6,10,13,16H,3-4,7-9H2,1-2H3. The number of hydrogen-bond donors (Lipinski definition) is 1. The summed E-state index contributed by atoms with van der Waals surface area (Å²) >= 11 is 0. The van der Waals surface area contributed by atoms with Gasteiger partial charge < -0.3 is 5.11 Å². The molecule has 1 aromatic heterocycles. The van der Waals surface area contributed by atoms with Crippen LogP contribution < -0.4 is 0 Å². The van der Waals surface area contributed by atoms with Gasteiger partial charge in [-0.25, -0.2) is 0 Å². The molecule has 1 aliphatic carbocycles. The van der Waals surface area contributed by atoms with Crippen molar-refractivity contribution in [2.24, 2.45) is 5.41 Å². The van der Waals surface area contributed by atoms with Gasteiger partial charge in [-0.3, -0.25) is 4.98 Å². The molecule has 0 amide bonds. The number of hydrogen-bond acceptors (Lipinski definition) is 2. The average Bonchev–Trinajstić information content (AvgIpc) is 2.70. The lowest BCUT2D eigenvalue weighted by Crippen LogP contribution is -2.31. The summed E-state index contributed by atoms with van der Waals surface area (Å²) in [6.07, 6.45) is 7.14. The highest BCUT2D eigenvalue weighted by Gasteiger charge is 2.35. The second kappa shape index (κ2) is 4.54. The second-order valence-corrected chi connectivity index (χ2v) is 5.41. The molecule has 2 rings (SSSR count). The van der Waals surface area contributed by atoms with E-state index < -0.39 is 0 Å². The van der Waals surface area contributed by atoms with E-state index in [1.165, 1.54) is 18.4 Å². The molecule has 2 heteroatoms. The number of rotatable bonds is 3. The van der Waals surface area contributed by atoms with Crippen LogP contribution in [0.4, 0.5) is 0 Å². The van der Waals surface area contributed by atoms with E-state index in [0.29, 0.717) is 6.42 Å². The Hall–Kier alpha value is -0.890. The van der Waals surface area contributed by atoms with Crippen LogP contribution in [0.3, 0.4) is 0 Å². The molecule has 0 aliphatic heterocycles. The van der Waals surface area contributed by atoms with Crippen LogP contribution in [0, 0.1) is 12.3 Å².